The van der Waals surface area contributed by atoms with Crippen molar-refractivity contribution in [1.82, 2.24) is 0 Å². The summed E-state index contributed by atoms with van der Waals surface area (Å²) in [6.07, 6.45) is -6.58. The second kappa shape index (κ2) is 15.7. The van der Waals surface area contributed by atoms with Crippen molar-refractivity contribution in [1.29, 1.82) is 0 Å². The van der Waals surface area contributed by atoms with E-state index < -0.39 is 78.9 Å². The lowest BCUT2D eigenvalue weighted by Crippen LogP contribution is -2.61. The first-order valence-corrected chi connectivity index (χ1v) is 16.0. The summed E-state index contributed by atoms with van der Waals surface area (Å²) >= 11 is 0. The molecule has 0 aromatic heterocycles. The van der Waals surface area contributed by atoms with E-state index in [1.807, 2.05) is 20.8 Å². The van der Waals surface area contributed by atoms with E-state index in [1.165, 1.54) is 27.7 Å². The molecule has 268 valence electrons. The molecule has 0 radical (unpaired) electrons. The number of hydrogen-bond donors (Lipinski definition) is 0. The normalized spacial score (nSPS) is 34.1. The second-order valence-electron chi connectivity index (χ2n) is 12.2. The number of fused-ring (bicyclic) bond motifs is 1. The Hall–Kier alpha value is -3.66. The number of carbonyl (C=O) groups is 4. The lowest BCUT2D eigenvalue weighted by Gasteiger charge is -2.48. The number of rotatable bonds is 12. The van der Waals surface area contributed by atoms with Gasteiger partial charge in [-0.05, 0) is 25.0 Å². The van der Waals surface area contributed by atoms with Crippen LogP contribution in [0.25, 0.3) is 0 Å². The molecule has 15 heteroatoms. The molecule has 1 aromatic rings. The maximum Gasteiger partial charge on any atom is 0.369 e. The molecule has 0 aliphatic carbocycles. The molecule has 48 heavy (non-hydrogen) atoms. The number of ether oxygens (including phenoxy) is 11. The van der Waals surface area contributed by atoms with Gasteiger partial charge in [0, 0.05) is 46.5 Å². The molecule has 0 N–H and O–H groups in total. The Kier molecular flexibility index (Phi) is 12.2. The number of benzene rings is 1. The Labute approximate surface area is 279 Å². The van der Waals surface area contributed by atoms with E-state index in [0.717, 1.165) is 0 Å². The first kappa shape index (κ1) is 37.2. The lowest BCUT2D eigenvalue weighted by atomic mass is 9.84. The minimum absolute atomic E-state index is 0.173. The molecule has 0 saturated carbocycles. The van der Waals surface area contributed by atoms with Crippen molar-refractivity contribution in [2.45, 2.75) is 111 Å². The molecule has 4 rings (SSSR count). The van der Waals surface area contributed by atoms with Crippen LogP contribution in [0.5, 0.6) is 17.2 Å². The maximum atomic E-state index is 12.1. The van der Waals surface area contributed by atoms with Crippen LogP contribution in [0.3, 0.4) is 0 Å². The van der Waals surface area contributed by atoms with Gasteiger partial charge in [-0.25, -0.2) is 0 Å². The zero-order valence-electron chi connectivity index (χ0n) is 28.8. The SMILES string of the molecule is CCOC1(C)Oc2cccc(O[C@@H]3O[C@H](COC(C)=O)[C@@H](O[C@@H]4O[C@H](COC(C)=O)[C@H](OC(C)=O)[C@H](OC(C)=O)[C@H]4C)[C@H](C)[C@H]3C)c2O1. The molecule has 1 unspecified atom stereocenters. The molecule has 1 aromatic carbocycles. The van der Waals surface area contributed by atoms with Crippen LogP contribution in [0.15, 0.2) is 18.2 Å². The van der Waals surface area contributed by atoms with Crippen LogP contribution in [-0.4, -0.2) is 92.8 Å². The third kappa shape index (κ3) is 8.87. The van der Waals surface area contributed by atoms with Gasteiger partial charge in [-0.15, -0.1) is 0 Å². The van der Waals surface area contributed by atoms with E-state index in [1.54, 1.807) is 32.0 Å². The average Bonchev–Trinajstić information content (AvgIpc) is 3.34. The smallest absolute Gasteiger partial charge is 0.369 e. The predicted octanol–water partition coefficient (Wildman–Crippen LogP) is 3.28. The summed E-state index contributed by atoms with van der Waals surface area (Å²) in [4.78, 5) is 47.7. The van der Waals surface area contributed by atoms with Gasteiger partial charge < -0.3 is 52.1 Å². The van der Waals surface area contributed by atoms with Gasteiger partial charge in [0.2, 0.25) is 12.0 Å². The molecule has 0 amide bonds. The number of para-hydroxylation sites is 1. The van der Waals surface area contributed by atoms with Crippen LogP contribution < -0.4 is 14.2 Å². The summed E-state index contributed by atoms with van der Waals surface area (Å²) in [7, 11) is 0. The molecule has 2 fully saturated rings. The summed E-state index contributed by atoms with van der Waals surface area (Å²) < 4.78 is 64.8. The molecule has 3 heterocycles. The zero-order chi connectivity index (χ0) is 35.3. The Morgan fingerprint density at radius 2 is 1.31 bits per heavy atom. The van der Waals surface area contributed by atoms with Crippen LogP contribution >= 0.6 is 0 Å². The minimum atomic E-state index is -1.32. The van der Waals surface area contributed by atoms with E-state index in [4.69, 9.17) is 52.1 Å². The van der Waals surface area contributed by atoms with Crippen LogP contribution in [-0.2, 0) is 57.1 Å². The number of carbonyl (C=O) groups excluding carboxylic acids is 4. The van der Waals surface area contributed by atoms with Crippen LogP contribution in [0.2, 0.25) is 0 Å². The number of hydrogen-bond acceptors (Lipinski definition) is 15. The van der Waals surface area contributed by atoms with Gasteiger partial charge >= 0.3 is 29.9 Å². The maximum absolute atomic E-state index is 12.1. The molecule has 0 spiro atoms. The molecule has 11 atom stereocenters. The fourth-order valence-corrected chi connectivity index (χ4v) is 5.95. The van der Waals surface area contributed by atoms with E-state index in [-0.39, 0.29) is 25.0 Å². The fraction of sp³-hybridized carbons (Fsp3) is 0.697. The van der Waals surface area contributed by atoms with Crippen LogP contribution in [0.1, 0.15) is 62.3 Å². The van der Waals surface area contributed by atoms with E-state index in [9.17, 15) is 19.2 Å². The highest BCUT2D eigenvalue weighted by Gasteiger charge is 2.52. The van der Waals surface area contributed by atoms with E-state index in [2.05, 4.69) is 0 Å². The molecule has 15 nitrogen and oxygen atoms in total. The van der Waals surface area contributed by atoms with Crippen molar-refractivity contribution in [2.75, 3.05) is 19.8 Å². The van der Waals surface area contributed by atoms with E-state index >= 15 is 0 Å². The standard InChI is InChI=1S/C33H46O15/c1-10-40-33(9)47-24-13-11-12-23(29(24)48-33)43-31-17(3)16(2)27(25(44-31)14-38-19(5)34)46-32-18(4)28(41-21(7)36)30(42-22(8)37)26(45-32)15-39-20(6)35/h11-13,16-18,25-28,30-32H,10,14-15H2,1-9H3/t16-,17-,18-,25-,26-,27+,28-,30+,31-,32+,33?/m1/s1. The number of esters is 4. The van der Waals surface area contributed by atoms with Gasteiger partial charge in [0.15, 0.2) is 23.9 Å². The predicted molar refractivity (Wildman–Crippen MR) is 162 cm³/mol. The quantitative estimate of drug-likeness (QED) is 0.232. The van der Waals surface area contributed by atoms with Gasteiger partial charge in [-0.1, -0.05) is 26.8 Å². The highest BCUT2D eigenvalue weighted by molar-refractivity contribution is 5.68. The molecule has 0 bridgehead atoms. The van der Waals surface area contributed by atoms with Crippen molar-refractivity contribution in [3.05, 3.63) is 18.2 Å². The summed E-state index contributed by atoms with van der Waals surface area (Å²) in [5.41, 5.74) is 0. The van der Waals surface area contributed by atoms with Gasteiger partial charge in [0.25, 0.3) is 0 Å². The van der Waals surface area contributed by atoms with Crippen molar-refractivity contribution in [3.63, 3.8) is 0 Å². The van der Waals surface area contributed by atoms with Gasteiger partial charge in [-0.3, -0.25) is 19.2 Å². The lowest BCUT2D eigenvalue weighted by molar-refractivity contribution is -0.332. The molecule has 2 saturated heterocycles. The Morgan fingerprint density at radius 1 is 0.729 bits per heavy atom. The molecule has 3 aliphatic rings. The summed E-state index contributed by atoms with van der Waals surface area (Å²) in [5, 5.41) is 0. The fourth-order valence-electron chi connectivity index (χ4n) is 5.95. The van der Waals surface area contributed by atoms with Gasteiger partial charge in [0.1, 0.15) is 31.5 Å². The largest absolute Gasteiger partial charge is 0.463 e. The summed E-state index contributed by atoms with van der Waals surface area (Å²) in [6.45, 7) is 13.9. The topological polar surface area (TPSA) is 170 Å². The van der Waals surface area contributed by atoms with E-state index in [0.29, 0.717) is 23.9 Å². The van der Waals surface area contributed by atoms with Crippen molar-refractivity contribution >= 4 is 23.9 Å². The average molecular weight is 683 g/mol. The highest BCUT2D eigenvalue weighted by Crippen LogP contribution is 2.48. The monoisotopic (exact) mass is 682 g/mol. The first-order valence-electron chi connectivity index (χ1n) is 16.0. The summed E-state index contributed by atoms with van der Waals surface area (Å²) in [5.74, 6) is -3.76. The molecular weight excluding hydrogens is 636 g/mol. The van der Waals surface area contributed by atoms with Crippen LogP contribution in [0.4, 0.5) is 0 Å². The molecular formula is C33H46O15. The Balaban J connectivity index is 1.59. The first-order chi connectivity index (χ1) is 22.6. The Morgan fingerprint density at radius 3 is 1.90 bits per heavy atom. The minimum Gasteiger partial charge on any atom is -0.463 e. The second-order valence-corrected chi connectivity index (χ2v) is 12.2. The van der Waals surface area contributed by atoms with Gasteiger partial charge in [0.05, 0.1) is 12.7 Å². The third-order valence-electron chi connectivity index (χ3n) is 8.37. The Bertz CT molecular complexity index is 1320. The zero-order valence-corrected chi connectivity index (χ0v) is 28.8. The van der Waals surface area contributed by atoms with Crippen molar-refractivity contribution in [3.8, 4) is 17.2 Å². The highest BCUT2D eigenvalue weighted by atomic mass is 16.9. The van der Waals surface area contributed by atoms with Crippen molar-refractivity contribution in [2.24, 2.45) is 17.8 Å². The van der Waals surface area contributed by atoms with Gasteiger partial charge in [-0.2, -0.15) is 0 Å². The molecule has 3 aliphatic heterocycles. The summed E-state index contributed by atoms with van der Waals surface area (Å²) in [6, 6.07) is 5.22. The third-order valence-corrected chi connectivity index (χ3v) is 8.37. The van der Waals surface area contributed by atoms with Crippen LogP contribution in [0, 0.1) is 17.8 Å². The van der Waals surface area contributed by atoms with Crippen molar-refractivity contribution < 1.29 is 71.3 Å².